The summed E-state index contributed by atoms with van der Waals surface area (Å²) in [6.45, 7) is 0. The van der Waals surface area contributed by atoms with E-state index in [4.69, 9.17) is 11.6 Å². The molecule has 1 aromatic rings. The van der Waals surface area contributed by atoms with Gasteiger partial charge in [-0.05, 0) is 18.9 Å². The van der Waals surface area contributed by atoms with Crippen LogP contribution in [0.1, 0.15) is 23.2 Å². The normalized spacial score (nSPS) is 14.5. The number of carbonyl (C=O) groups excluding carboxylic acids is 1. The van der Waals surface area contributed by atoms with Crippen molar-refractivity contribution >= 4 is 23.2 Å². The first kappa shape index (κ1) is 11.8. The Morgan fingerprint density at radius 1 is 1.65 bits per heavy atom. The Kier molecular flexibility index (Phi) is 2.97. The van der Waals surface area contributed by atoms with E-state index in [1.165, 1.54) is 17.2 Å². The average molecular weight is 256 g/mol. The third-order valence-corrected chi connectivity index (χ3v) is 2.98. The van der Waals surface area contributed by atoms with Crippen molar-refractivity contribution in [2.24, 2.45) is 0 Å². The summed E-state index contributed by atoms with van der Waals surface area (Å²) in [5.41, 5.74) is -0.434. The SMILES string of the molecule is CN(C(=O)c1ccnc(Cl)c1[N+](=O)[O-])C1CC1. The highest BCUT2D eigenvalue weighted by molar-refractivity contribution is 6.32. The number of hydrogen-bond donors (Lipinski definition) is 0. The van der Waals surface area contributed by atoms with Gasteiger partial charge in [0.15, 0.2) is 0 Å². The molecule has 1 fully saturated rings. The molecule has 0 atom stereocenters. The van der Waals surface area contributed by atoms with Gasteiger partial charge in [0.2, 0.25) is 5.15 Å². The van der Waals surface area contributed by atoms with E-state index in [1.807, 2.05) is 0 Å². The minimum absolute atomic E-state index is 0.00981. The Balaban J connectivity index is 2.40. The number of pyridine rings is 1. The van der Waals surface area contributed by atoms with Gasteiger partial charge >= 0.3 is 5.69 Å². The maximum atomic E-state index is 12.0. The number of halogens is 1. The molecule has 7 heteroatoms. The van der Waals surface area contributed by atoms with Crippen LogP contribution in [0.25, 0.3) is 0 Å². The van der Waals surface area contributed by atoms with Crippen LogP contribution in [-0.2, 0) is 0 Å². The van der Waals surface area contributed by atoms with E-state index < -0.39 is 10.6 Å². The highest BCUT2D eigenvalue weighted by Crippen LogP contribution is 2.31. The Morgan fingerprint density at radius 2 is 2.29 bits per heavy atom. The van der Waals surface area contributed by atoms with Gasteiger partial charge in [-0.3, -0.25) is 14.9 Å². The smallest absolute Gasteiger partial charge is 0.319 e. The van der Waals surface area contributed by atoms with E-state index in [1.54, 1.807) is 7.05 Å². The molecule has 17 heavy (non-hydrogen) atoms. The Bertz CT molecular complexity index is 488. The van der Waals surface area contributed by atoms with Crippen molar-refractivity contribution in [1.29, 1.82) is 0 Å². The molecule has 0 bridgehead atoms. The Hall–Kier alpha value is -1.69. The second-order valence-corrected chi connectivity index (χ2v) is 4.26. The first-order chi connectivity index (χ1) is 8.02. The van der Waals surface area contributed by atoms with Gasteiger partial charge in [-0.1, -0.05) is 11.6 Å². The molecule has 1 amide bonds. The van der Waals surface area contributed by atoms with Crippen molar-refractivity contribution in [2.45, 2.75) is 18.9 Å². The molecule has 1 aliphatic carbocycles. The van der Waals surface area contributed by atoms with Gasteiger partial charge in [-0.25, -0.2) is 4.98 Å². The summed E-state index contributed by atoms with van der Waals surface area (Å²) in [6, 6.07) is 1.51. The lowest BCUT2D eigenvalue weighted by molar-refractivity contribution is -0.385. The molecule has 90 valence electrons. The van der Waals surface area contributed by atoms with Crippen molar-refractivity contribution < 1.29 is 9.72 Å². The summed E-state index contributed by atoms with van der Waals surface area (Å²) in [5.74, 6) is -0.386. The molecule has 1 saturated carbocycles. The number of nitro groups is 1. The van der Waals surface area contributed by atoms with Gasteiger partial charge in [0.25, 0.3) is 5.91 Å². The van der Waals surface area contributed by atoms with Gasteiger partial charge in [-0.2, -0.15) is 0 Å². The third kappa shape index (κ3) is 2.21. The summed E-state index contributed by atoms with van der Waals surface area (Å²) >= 11 is 5.64. The zero-order valence-electron chi connectivity index (χ0n) is 9.09. The number of rotatable bonds is 3. The van der Waals surface area contributed by atoms with E-state index in [-0.39, 0.29) is 22.7 Å². The van der Waals surface area contributed by atoms with Crippen LogP contribution in [0.3, 0.4) is 0 Å². The number of carbonyl (C=O) groups is 1. The van der Waals surface area contributed by atoms with Crippen molar-refractivity contribution in [3.05, 3.63) is 33.1 Å². The van der Waals surface area contributed by atoms with Crippen LogP contribution < -0.4 is 0 Å². The summed E-state index contributed by atoms with van der Waals surface area (Å²) in [7, 11) is 1.64. The summed E-state index contributed by atoms with van der Waals surface area (Å²) in [6.07, 6.45) is 3.17. The lowest BCUT2D eigenvalue weighted by Gasteiger charge is -2.16. The van der Waals surface area contributed by atoms with E-state index in [9.17, 15) is 14.9 Å². The largest absolute Gasteiger partial charge is 0.339 e. The minimum Gasteiger partial charge on any atom is -0.339 e. The van der Waals surface area contributed by atoms with Crippen molar-refractivity contribution in [3.8, 4) is 0 Å². The van der Waals surface area contributed by atoms with Gasteiger partial charge in [-0.15, -0.1) is 0 Å². The van der Waals surface area contributed by atoms with Crippen LogP contribution in [0, 0.1) is 10.1 Å². The summed E-state index contributed by atoms with van der Waals surface area (Å²) < 4.78 is 0. The molecule has 0 N–H and O–H groups in total. The van der Waals surface area contributed by atoms with Crippen LogP contribution >= 0.6 is 11.6 Å². The van der Waals surface area contributed by atoms with E-state index in [0.717, 1.165) is 12.8 Å². The molecule has 0 aliphatic heterocycles. The minimum atomic E-state index is -0.677. The predicted octanol–water partition coefficient (Wildman–Crippen LogP) is 1.88. The fraction of sp³-hybridized carbons (Fsp3) is 0.400. The van der Waals surface area contributed by atoms with Crippen LogP contribution in [0.2, 0.25) is 5.15 Å². The second-order valence-electron chi connectivity index (χ2n) is 3.90. The fourth-order valence-corrected chi connectivity index (χ4v) is 1.82. The maximum Gasteiger partial charge on any atom is 0.319 e. The molecule has 2 rings (SSSR count). The number of aromatic nitrogens is 1. The molecule has 1 aliphatic rings. The zero-order chi connectivity index (χ0) is 12.6. The van der Waals surface area contributed by atoms with Crippen LogP contribution in [0.5, 0.6) is 0 Å². The molecule has 0 spiro atoms. The standard InChI is InChI=1S/C10H10ClN3O3/c1-13(6-2-3-6)10(15)7-4-5-12-9(11)8(7)14(16)17/h4-6H,2-3H2,1H3. The summed E-state index contributed by atoms with van der Waals surface area (Å²) in [4.78, 5) is 27.4. The van der Waals surface area contributed by atoms with E-state index in [2.05, 4.69) is 4.98 Å². The van der Waals surface area contributed by atoms with E-state index >= 15 is 0 Å². The lowest BCUT2D eigenvalue weighted by atomic mass is 10.2. The van der Waals surface area contributed by atoms with Crippen LogP contribution in [-0.4, -0.2) is 33.8 Å². The number of hydrogen-bond acceptors (Lipinski definition) is 4. The quantitative estimate of drug-likeness (QED) is 0.469. The molecule has 1 heterocycles. The van der Waals surface area contributed by atoms with Gasteiger partial charge < -0.3 is 4.90 Å². The monoisotopic (exact) mass is 255 g/mol. The van der Waals surface area contributed by atoms with E-state index in [0.29, 0.717) is 0 Å². The van der Waals surface area contributed by atoms with Gasteiger partial charge in [0, 0.05) is 19.3 Å². The molecule has 0 unspecified atom stereocenters. The van der Waals surface area contributed by atoms with Crippen molar-refractivity contribution in [3.63, 3.8) is 0 Å². The molecule has 0 aromatic carbocycles. The Labute approximate surface area is 102 Å². The zero-order valence-corrected chi connectivity index (χ0v) is 9.85. The number of amides is 1. The third-order valence-electron chi connectivity index (χ3n) is 2.71. The number of nitrogens with zero attached hydrogens (tertiary/aromatic N) is 3. The van der Waals surface area contributed by atoms with Crippen LogP contribution in [0.15, 0.2) is 12.3 Å². The molecular weight excluding hydrogens is 246 g/mol. The molecular formula is C10H10ClN3O3. The first-order valence-electron chi connectivity index (χ1n) is 5.08. The Morgan fingerprint density at radius 3 is 2.82 bits per heavy atom. The molecule has 6 nitrogen and oxygen atoms in total. The summed E-state index contributed by atoms with van der Waals surface area (Å²) in [5, 5.41) is 10.6. The molecule has 1 aromatic heterocycles. The fourth-order valence-electron chi connectivity index (χ4n) is 1.59. The van der Waals surface area contributed by atoms with Gasteiger partial charge in [0.05, 0.1) is 4.92 Å². The topological polar surface area (TPSA) is 76.3 Å². The molecule has 0 saturated heterocycles. The lowest BCUT2D eigenvalue weighted by Crippen LogP contribution is -2.29. The highest BCUT2D eigenvalue weighted by Gasteiger charge is 2.34. The maximum absolute atomic E-state index is 12.0. The highest BCUT2D eigenvalue weighted by atomic mass is 35.5. The van der Waals surface area contributed by atoms with Gasteiger partial charge in [0.1, 0.15) is 5.56 Å². The first-order valence-corrected chi connectivity index (χ1v) is 5.46. The molecule has 0 radical (unpaired) electrons. The van der Waals surface area contributed by atoms with Crippen molar-refractivity contribution in [1.82, 2.24) is 9.88 Å². The second kappa shape index (κ2) is 4.29. The van der Waals surface area contributed by atoms with Crippen LogP contribution in [0.4, 0.5) is 5.69 Å². The van der Waals surface area contributed by atoms with Crippen molar-refractivity contribution in [2.75, 3.05) is 7.05 Å². The average Bonchev–Trinajstić information content (AvgIpc) is 3.10. The predicted molar refractivity (Wildman–Crippen MR) is 61.0 cm³/mol.